The Bertz CT molecular complexity index is 1120. The number of rotatable bonds is 5. The third kappa shape index (κ3) is 4.47. The van der Waals surface area contributed by atoms with E-state index < -0.39 is 0 Å². The van der Waals surface area contributed by atoms with Gasteiger partial charge in [-0.25, -0.2) is 0 Å². The number of fused-ring (bicyclic) bond motifs is 1. The number of nitriles is 1. The first-order chi connectivity index (χ1) is 14.1. The largest absolute Gasteiger partial charge is 0.487 e. The maximum absolute atomic E-state index is 9.77. The van der Waals surface area contributed by atoms with Crippen molar-refractivity contribution in [1.82, 2.24) is 0 Å². The van der Waals surface area contributed by atoms with Gasteiger partial charge in [0, 0.05) is 10.0 Å². The number of benzene rings is 3. The molecule has 29 heavy (non-hydrogen) atoms. The van der Waals surface area contributed by atoms with Gasteiger partial charge < -0.3 is 14.2 Å². The average Bonchev–Trinajstić information content (AvgIpc) is 3.20. The summed E-state index contributed by atoms with van der Waals surface area (Å²) in [6.07, 6.45) is 1.81. The van der Waals surface area contributed by atoms with Crippen LogP contribution >= 0.6 is 31.9 Å². The highest BCUT2D eigenvalue weighted by atomic mass is 79.9. The van der Waals surface area contributed by atoms with Gasteiger partial charge in [-0.2, -0.15) is 5.26 Å². The van der Waals surface area contributed by atoms with E-state index in [1.54, 1.807) is 0 Å². The number of hydrogen-bond acceptors (Lipinski definition) is 4. The Morgan fingerprint density at radius 1 is 1.03 bits per heavy atom. The van der Waals surface area contributed by atoms with Gasteiger partial charge >= 0.3 is 0 Å². The lowest BCUT2D eigenvalue weighted by molar-refractivity contribution is 0.174. The van der Waals surface area contributed by atoms with Crippen LogP contribution in [0.3, 0.4) is 0 Å². The predicted octanol–water partition coefficient (Wildman–Crippen LogP) is 6.58. The SMILES string of the molecule is N#C/C(=C/c1cc(Br)cc(Br)c1OCc1ccccc1)c1ccc2c(c1)OCO2. The van der Waals surface area contributed by atoms with Gasteiger partial charge in [0.1, 0.15) is 12.4 Å². The Balaban J connectivity index is 1.70. The summed E-state index contributed by atoms with van der Waals surface area (Å²) in [5.41, 5.74) is 3.10. The van der Waals surface area contributed by atoms with Gasteiger partial charge in [-0.1, -0.05) is 46.3 Å². The molecule has 6 heteroatoms. The van der Waals surface area contributed by atoms with E-state index in [0.29, 0.717) is 29.4 Å². The number of halogens is 2. The summed E-state index contributed by atoms with van der Waals surface area (Å²) in [7, 11) is 0. The first-order valence-corrected chi connectivity index (χ1v) is 10.4. The fourth-order valence-corrected chi connectivity index (χ4v) is 4.34. The van der Waals surface area contributed by atoms with Crippen LogP contribution in [0.5, 0.6) is 17.2 Å². The molecule has 0 aliphatic carbocycles. The van der Waals surface area contributed by atoms with Crippen molar-refractivity contribution in [1.29, 1.82) is 5.26 Å². The molecule has 0 aromatic heterocycles. The van der Waals surface area contributed by atoms with Crippen molar-refractivity contribution in [2.45, 2.75) is 6.61 Å². The zero-order chi connectivity index (χ0) is 20.2. The van der Waals surface area contributed by atoms with E-state index >= 15 is 0 Å². The Labute approximate surface area is 185 Å². The Morgan fingerprint density at radius 3 is 2.62 bits per heavy atom. The van der Waals surface area contributed by atoms with Crippen molar-refractivity contribution in [2.24, 2.45) is 0 Å². The molecule has 0 fully saturated rings. The highest BCUT2D eigenvalue weighted by Crippen LogP contribution is 2.38. The molecule has 0 spiro atoms. The molecule has 4 rings (SSSR count). The van der Waals surface area contributed by atoms with Gasteiger partial charge in [0.2, 0.25) is 6.79 Å². The summed E-state index contributed by atoms with van der Waals surface area (Å²) in [4.78, 5) is 0. The minimum atomic E-state index is 0.195. The smallest absolute Gasteiger partial charge is 0.231 e. The lowest BCUT2D eigenvalue weighted by Gasteiger charge is -2.13. The number of ether oxygens (including phenoxy) is 3. The molecule has 4 nitrogen and oxygen atoms in total. The van der Waals surface area contributed by atoms with E-state index in [9.17, 15) is 5.26 Å². The van der Waals surface area contributed by atoms with Crippen LogP contribution in [0.2, 0.25) is 0 Å². The molecule has 0 saturated heterocycles. The molecule has 0 saturated carbocycles. The van der Waals surface area contributed by atoms with Crippen molar-refractivity contribution in [3.8, 4) is 23.3 Å². The van der Waals surface area contributed by atoms with Crippen molar-refractivity contribution in [3.05, 3.63) is 86.3 Å². The number of nitrogens with zero attached hydrogens (tertiary/aromatic N) is 1. The van der Waals surface area contributed by atoms with Crippen LogP contribution in [0, 0.1) is 11.3 Å². The lowest BCUT2D eigenvalue weighted by atomic mass is 10.0. The summed E-state index contributed by atoms with van der Waals surface area (Å²) in [5.74, 6) is 1.99. The van der Waals surface area contributed by atoms with Crippen LogP contribution in [-0.2, 0) is 6.61 Å². The molecule has 1 heterocycles. The summed E-state index contributed by atoms with van der Waals surface area (Å²) in [6, 6.07) is 21.5. The van der Waals surface area contributed by atoms with Gasteiger partial charge in [-0.15, -0.1) is 0 Å². The highest BCUT2D eigenvalue weighted by molar-refractivity contribution is 9.11. The molecule has 3 aromatic carbocycles. The molecular formula is C23H15Br2NO3. The normalized spacial score (nSPS) is 12.5. The summed E-state index contributed by atoms with van der Waals surface area (Å²) in [6.45, 7) is 0.619. The fraction of sp³-hybridized carbons (Fsp3) is 0.0870. The van der Waals surface area contributed by atoms with Crippen LogP contribution in [-0.4, -0.2) is 6.79 Å². The van der Waals surface area contributed by atoms with Crippen molar-refractivity contribution in [2.75, 3.05) is 6.79 Å². The third-order valence-corrected chi connectivity index (χ3v) is 5.41. The Morgan fingerprint density at radius 2 is 1.83 bits per heavy atom. The molecule has 0 unspecified atom stereocenters. The minimum absolute atomic E-state index is 0.195. The summed E-state index contributed by atoms with van der Waals surface area (Å²) in [5, 5.41) is 9.77. The fourth-order valence-electron chi connectivity index (χ4n) is 2.97. The maximum atomic E-state index is 9.77. The molecule has 144 valence electrons. The highest BCUT2D eigenvalue weighted by Gasteiger charge is 2.16. The van der Waals surface area contributed by atoms with Gasteiger partial charge in [0.25, 0.3) is 0 Å². The van der Waals surface area contributed by atoms with E-state index in [4.69, 9.17) is 14.2 Å². The quantitative estimate of drug-likeness (QED) is 0.286. The second-order valence-electron chi connectivity index (χ2n) is 6.32. The van der Waals surface area contributed by atoms with E-state index in [-0.39, 0.29) is 6.79 Å². The molecular weight excluding hydrogens is 498 g/mol. The van der Waals surface area contributed by atoms with E-state index in [0.717, 1.165) is 25.6 Å². The van der Waals surface area contributed by atoms with Crippen molar-refractivity contribution < 1.29 is 14.2 Å². The molecule has 0 bridgehead atoms. The Hall–Kier alpha value is -2.75. The first-order valence-electron chi connectivity index (χ1n) is 8.81. The second kappa shape index (κ2) is 8.73. The minimum Gasteiger partial charge on any atom is -0.487 e. The van der Waals surface area contributed by atoms with Crippen LogP contribution in [0.15, 0.2) is 69.6 Å². The van der Waals surface area contributed by atoms with Crippen molar-refractivity contribution in [3.63, 3.8) is 0 Å². The zero-order valence-corrected chi connectivity index (χ0v) is 18.4. The lowest BCUT2D eigenvalue weighted by Crippen LogP contribution is -1.98. The predicted molar refractivity (Wildman–Crippen MR) is 119 cm³/mol. The van der Waals surface area contributed by atoms with Crippen LogP contribution in [0.25, 0.3) is 11.6 Å². The molecule has 0 N–H and O–H groups in total. The van der Waals surface area contributed by atoms with Crippen LogP contribution in [0.1, 0.15) is 16.7 Å². The second-order valence-corrected chi connectivity index (χ2v) is 8.09. The topological polar surface area (TPSA) is 51.5 Å². The summed E-state index contributed by atoms with van der Waals surface area (Å²) >= 11 is 7.09. The van der Waals surface area contributed by atoms with Gasteiger partial charge in [-0.3, -0.25) is 0 Å². The molecule has 1 aliphatic heterocycles. The molecule has 0 atom stereocenters. The van der Waals surface area contributed by atoms with Gasteiger partial charge in [0.15, 0.2) is 11.5 Å². The zero-order valence-electron chi connectivity index (χ0n) is 15.2. The third-order valence-electron chi connectivity index (χ3n) is 4.37. The van der Waals surface area contributed by atoms with Crippen LogP contribution in [0.4, 0.5) is 0 Å². The maximum Gasteiger partial charge on any atom is 0.231 e. The Kier molecular flexibility index (Phi) is 5.89. The van der Waals surface area contributed by atoms with E-state index in [1.165, 1.54) is 0 Å². The number of allylic oxidation sites excluding steroid dienone is 1. The van der Waals surface area contributed by atoms with E-state index in [1.807, 2.05) is 66.7 Å². The summed E-state index contributed by atoms with van der Waals surface area (Å²) < 4.78 is 18.6. The molecule has 3 aromatic rings. The molecule has 1 aliphatic rings. The molecule has 0 amide bonds. The monoisotopic (exact) mass is 511 g/mol. The van der Waals surface area contributed by atoms with Gasteiger partial charge in [0.05, 0.1) is 16.1 Å². The number of hydrogen-bond donors (Lipinski definition) is 0. The van der Waals surface area contributed by atoms with E-state index in [2.05, 4.69) is 37.9 Å². The van der Waals surface area contributed by atoms with Crippen molar-refractivity contribution >= 4 is 43.5 Å². The van der Waals surface area contributed by atoms with Crippen LogP contribution < -0.4 is 14.2 Å². The first kappa shape index (κ1) is 19.6. The molecule has 0 radical (unpaired) electrons. The van der Waals surface area contributed by atoms with Gasteiger partial charge in [-0.05, 0) is 63.5 Å². The standard InChI is InChI=1S/C23H15Br2NO3/c24-19-9-17(23(20(25)11-19)27-13-15-4-2-1-3-5-15)8-18(12-26)16-6-7-21-22(10-16)29-14-28-21/h1-11H,13-14H2/b18-8-. The average molecular weight is 513 g/mol.